The number of hydrogen-bond acceptors (Lipinski definition) is 10. The van der Waals surface area contributed by atoms with Crippen LogP contribution in [-0.2, 0) is 48.2 Å². The van der Waals surface area contributed by atoms with Gasteiger partial charge in [0.15, 0.2) is 5.25 Å². The van der Waals surface area contributed by atoms with Gasteiger partial charge in [0.25, 0.3) is 10.1 Å². The molecule has 7 rings (SSSR count). The second-order valence-corrected chi connectivity index (χ2v) is 11.5. The lowest BCUT2D eigenvalue weighted by molar-refractivity contribution is -0.196. The average Bonchev–Trinajstić information content (AvgIpc) is 3.47. The summed E-state index contributed by atoms with van der Waals surface area (Å²) >= 11 is 0. The van der Waals surface area contributed by atoms with Crippen molar-refractivity contribution in [2.45, 2.75) is 61.8 Å². The van der Waals surface area contributed by atoms with Crippen molar-refractivity contribution in [2.75, 3.05) is 0 Å². The molecule has 0 spiro atoms. The average molecular weight is 470 g/mol. The fourth-order valence-corrected chi connectivity index (χ4v) is 7.65. The molecule has 4 saturated carbocycles. The zero-order valence-corrected chi connectivity index (χ0v) is 17.6. The Kier molecular flexibility index (Phi) is 4.24. The zero-order valence-electron chi connectivity index (χ0n) is 16.8. The smallest absolute Gasteiger partial charge is 0.327 e. The lowest BCUT2D eigenvalue weighted by atomic mass is 9.82. The van der Waals surface area contributed by atoms with E-state index in [1.54, 1.807) is 0 Å². The van der Waals surface area contributed by atoms with Crippen LogP contribution in [0.2, 0.25) is 0 Å². The number of carbonyl (C=O) groups is 4. The molecule has 0 amide bonds. The van der Waals surface area contributed by atoms with Crippen LogP contribution in [0.1, 0.15) is 32.1 Å². The van der Waals surface area contributed by atoms with Crippen molar-refractivity contribution in [2.24, 2.45) is 35.5 Å². The minimum absolute atomic E-state index is 0.0106. The molecule has 6 bridgehead atoms. The van der Waals surface area contributed by atoms with Crippen molar-refractivity contribution >= 4 is 34.0 Å². The third kappa shape index (κ3) is 2.84. The third-order valence-electron chi connectivity index (χ3n) is 8.32. The molecule has 7 fully saturated rings. The van der Waals surface area contributed by atoms with Gasteiger partial charge in [-0.2, -0.15) is 8.42 Å². The van der Waals surface area contributed by atoms with Gasteiger partial charge in [-0.15, -0.1) is 0 Å². The predicted molar refractivity (Wildman–Crippen MR) is 98.9 cm³/mol. The summed E-state index contributed by atoms with van der Waals surface area (Å²) in [6.07, 6.45) is -1.04. The number of carbonyl (C=O) groups excluding carboxylic acids is 4. The second-order valence-electron chi connectivity index (χ2n) is 9.87. The van der Waals surface area contributed by atoms with E-state index in [0.717, 1.165) is 0 Å². The lowest BCUT2D eigenvalue weighted by Crippen LogP contribution is -2.52. The van der Waals surface area contributed by atoms with Crippen LogP contribution in [-0.4, -0.2) is 66.5 Å². The van der Waals surface area contributed by atoms with Gasteiger partial charge in [-0.25, -0.2) is 0 Å². The Balaban J connectivity index is 1.12. The number of fused-ring (bicyclic) bond motifs is 2. The van der Waals surface area contributed by atoms with Gasteiger partial charge < -0.3 is 18.9 Å². The predicted octanol–water partition coefficient (Wildman–Crippen LogP) is -0.381. The molecule has 11 nitrogen and oxygen atoms in total. The van der Waals surface area contributed by atoms with Crippen LogP contribution in [0.3, 0.4) is 0 Å². The van der Waals surface area contributed by atoms with Gasteiger partial charge in [-0.3, -0.25) is 23.7 Å². The molecule has 3 aliphatic heterocycles. The van der Waals surface area contributed by atoms with E-state index in [1.807, 2.05) is 0 Å². The normalized spacial score (nSPS) is 45.7. The van der Waals surface area contributed by atoms with Gasteiger partial charge in [0.1, 0.15) is 24.4 Å². The van der Waals surface area contributed by atoms with Crippen LogP contribution in [0.25, 0.3) is 0 Å². The summed E-state index contributed by atoms with van der Waals surface area (Å²) in [6, 6.07) is 0. The lowest BCUT2D eigenvalue weighted by Gasteiger charge is -2.40. The molecule has 7 aliphatic rings. The fourth-order valence-electron chi connectivity index (χ4n) is 7.00. The first-order valence-corrected chi connectivity index (χ1v) is 12.4. The van der Waals surface area contributed by atoms with Crippen LogP contribution in [0, 0.1) is 35.5 Å². The van der Waals surface area contributed by atoms with Gasteiger partial charge in [0.05, 0.1) is 18.3 Å². The van der Waals surface area contributed by atoms with Gasteiger partial charge >= 0.3 is 23.9 Å². The summed E-state index contributed by atoms with van der Waals surface area (Å²) in [6.45, 7) is 0. The van der Waals surface area contributed by atoms with Crippen LogP contribution in [0.5, 0.6) is 0 Å². The molecule has 11 unspecified atom stereocenters. The highest BCUT2D eigenvalue weighted by molar-refractivity contribution is 7.87. The molecule has 3 heterocycles. The molecular weight excluding hydrogens is 448 g/mol. The highest BCUT2D eigenvalue weighted by Crippen LogP contribution is 2.56. The highest BCUT2D eigenvalue weighted by atomic mass is 32.2. The van der Waals surface area contributed by atoms with E-state index < -0.39 is 58.1 Å². The van der Waals surface area contributed by atoms with Crippen molar-refractivity contribution in [3.05, 3.63) is 0 Å². The van der Waals surface area contributed by atoms with Gasteiger partial charge in [0, 0.05) is 23.7 Å². The van der Waals surface area contributed by atoms with Gasteiger partial charge in [-0.1, -0.05) is 0 Å². The standard InChI is InChI=1S/C20H22O11S/c21-13(28-14-6-1-8-11(3-6)19(23)30-16(8)14)5-12(32(25,26)27)20(24)31-17-9-2-7-4-10(9)18(22)29-15(7)17/h6-12,14-17H,1-5H2,(H,25,26,27). The molecular formula is C20H22O11S. The van der Waals surface area contributed by atoms with E-state index in [0.29, 0.717) is 25.7 Å². The summed E-state index contributed by atoms with van der Waals surface area (Å²) in [5.74, 6) is -3.72. The summed E-state index contributed by atoms with van der Waals surface area (Å²) in [5.41, 5.74) is 0. The van der Waals surface area contributed by atoms with E-state index in [1.165, 1.54) is 0 Å². The first kappa shape index (κ1) is 20.4. The monoisotopic (exact) mass is 470 g/mol. The summed E-state index contributed by atoms with van der Waals surface area (Å²) in [4.78, 5) is 48.9. The largest absolute Gasteiger partial charge is 0.458 e. The summed E-state index contributed by atoms with van der Waals surface area (Å²) < 4.78 is 54.7. The fraction of sp³-hybridized carbons (Fsp3) is 0.800. The van der Waals surface area contributed by atoms with Crippen molar-refractivity contribution < 1.29 is 51.1 Å². The maximum absolute atomic E-state index is 12.7. The van der Waals surface area contributed by atoms with E-state index in [4.69, 9.17) is 18.9 Å². The first-order valence-electron chi connectivity index (χ1n) is 10.9. The summed E-state index contributed by atoms with van der Waals surface area (Å²) in [7, 11) is -4.97. The van der Waals surface area contributed by atoms with E-state index >= 15 is 0 Å². The molecule has 3 saturated heterocycles. The quantitative estimate of drug-likeness (QED) is 0.306. The zero-order chi connectivity index (χ0) is 22.5. The number of esters is 4. The molecule has 1 N–H and O–H groups in total. The molecule has 0 aromatic rings. The summed E-state index contributed by atoms with van der Waals surface area (Å²) in [5, 5.41) is -2.15. The van der Waals surface area contributed by atoms with E-state index in [2.05, 4.69) is 0 Å². The van der Waals surface area contributed by atoms with Crippen LogP contribution < -0.4 is 0 Å². The maximum Gasteiger partial charge on any atom is 0.327 e. The SMILES string of the molecule is O=C(CC(C(=O)OC1C2CC3CC2C(=O)OC31)S(=O)(=O)O)OC1C2CC3C(=O)OC1C3C2. The minimum atomic E-state index is -4.97. The molecule has 32 heavy (non-hydrogen) atoms. The van der Waals surface area contributed by atoms with Crippen LogP contribution in [0.4, 0.5) is 0 Å². The Hall–Kier alpha value is -2.21. The third-order valence-corrected chi connectivity index (χ3v) is 9.40. The molecule has 4 aliphatic carbocycles. The Labute approximate surface area is 182 Å². The Morgan fingerprint density at radius 1 is 0.906 bits per heavy atom. The minimum Gasteiger partial charge on any atom is -0.458 e. The molecule has 174 valence electrons. The highest BCUT2D eigenvalue weighted by Gasteiger charge is 2.64. The number of rotatable bonds is 6. The van der Waals surface area contributed by atoms with Crippen molar-refractivity contribution in [3.8, 4) is 0 Å². The van der Waals surface area contributed by atoms with E-state index in [-0.39, 0.29) is 47.4 Å². The Bertz CT molecular complexity index is 1020. The first-order chi connectivity index (χ1) is 15.1. The van der Waals surface area contributed by atoms with Gasteiger partial charge in [-0.05, 0) is 25.7 Å². The van der Waals surface area contributed by atoms with Crippen LogP contribution >= 0.6 is 0 Å². The Morgan fingerprint density at radius 2 is 1.53 bits per heavy atom. The molecule has 0 aromatic carbocycles. The maximum atomic E-state index is 12.7. The van der Waals surface area contributed by atoms with Crippen molar-refractivity contribution in [3.63, 3.8) is 0 Å². The number of hydrogen-bond donors (Lipinski definition) is 1. The Morgan fingerprint density at radius 3 is 2.22 bits per heavy atom. The molecule has 11 atom stereocenters. The van der Waals surface area contributed by atoms with Crippen molar-refractivity contribution in [1.29, 1.82) is 0 Å². The second kappa shape index (κ2) is 6.66. The van der Waals surface area contributed by atoms with E-state index in [9.17, 15) is 32.1 Å². The van der Waals surface area contributed by atoms with Gasteiger partial charge in [0.2, 0.25) is 0 Å². The molecule has 0 aromatic heterocycles. The molecule has 0 radical (unpaired) electrons. The molecule has 12 heteroatoms. The number of ether oxygens (including phenoxy) is 4. The van der Waals surface area contributed by atoms with Crippen LogP contribution in [0.15, 0.2) is 0 Å². The van der Waals surface area contributed by atoms with Crippen molar-refractivity contribution in [1.82, 2.24) is 0 Å². The topological polar surface area (TPSA) is 160 Å².